The van der Waals surface area contributed by atoms with E-state index in [-0.39, 0.29) is 18.1 Å². The SMILES string of the molecule is Cc1cc(Br)ccc1NCC(=O)Nc1cccc([N+](=O)[O-])c1C. The van der Waals surface area contributed by atoms with Crippen LogP contribution in [0.4, 0.5) is 17.1 Å². The van der Waals surface area contributed by atoms with Gasteiger partial charge in [0.1, 0.15) is 0 Å². The molecule has 0 unspecified atom stereocenters. The molecule has 0 fully saturated rings. The van der Waals surface area contributed by atoms with E-state index in [0.717, 1.165) is 15.7 Å². The van der Waals surface area contributed by atoms with Gasteiger partial charge in [-0.1, -0.05) is 22.0 Å². The number of carbonyl (C=O) groups excluding carboxylic acids is 1. The van der Waals surface area contributed by atoms with E-state index < -0.39 is 4.92 Å². The Hall–Kier alpha value is -2.41. The molecule has 2 N–H and O–H groups in total. The molecule has 0 saturated carbocycles. The summed E-state index contributed by atoms with van der Waals surface area (Å²) in [6, 6.07) is 10.3. The lowest BCUT2D eigenvalue weighted by Crippen LogP contribution is -2.22. The molecule has 0 aliphatic heterocycles. The monoisotopic (exact) mass is 377 g/mol. The highest BCUT2D eigenvalue weighted by atomic mass is 79.9. The molecule has 1 amide bonds. The van der Waals surface area contributed by atoms with Gasteiger partial charge >= 0.3 is 0 Å². The molecule has 0 aromatic heterocycles. The van der Waals surface area contributed by atoms with Gasteiger partial charge in [0.05, 0.1) is 22.7 Å². The first kappa shape index (κ1) is 17.0. The summed E-state index contributed by atoms with van der Waals surface area (Å²) in [6.07, 6.45) is 0. The van der Waals surface area contributed by atoms with Crippen LogP contribution in [0.1, 0.15) is 11.1 Å². The van der Waals surface area contributed by atoms with Crippen molar-refractivity contribution in [3.8, 4) is 0 Å². The molecule has 0 aliphatic carbocycles. The summed E-state index contributed by atoms with van der Waals surface area (Å²) in [5.41, 5.74) is 2.74. The van der Waals surface area contributed by atoms with E-state index in [1.54, 1.807) is 19.1 Å². The van der Waals surface area contributed by atoms with Crippen LogP contribution in [0.5, 0.6) is 0 Å². The maximum atomic E-state index is 12.0. The summed E-state index contributed by atoms with van der Waals surface area (Å²) in [5, 5.41) is 16.7. The van der Waals surface area contributed by atoms with Gasteiger partial charge in [0.2, 0.25) is 5.91 Å². The van der Waals surface area contributed by atoms with Gasteiger partial charge in [-0.2, -0.15) is 0 Å². The van der Waals surface area contributed by atoms with Gasteiger partial charge in [-0.3, -0.25) is 14.9 Å². The zero-order chi connectivity index (χ0) is 17.0. The first-order valence-corrected chi connectivity index (χ1v) is 7.71. The average Bonchev–Trinajstić information content (AvgIpc) is 2.48. The van der Waals surface area contributed by atoms with Crippen molar-refractivity contribution in [3.05, 3.63) is 62.1 Å². The van der Waals surface area contributed by atoms with Crippen molar-refractivity contribution in [2.24, 2.45) is 0 Å². The van der Waals surface area contributed by atoms with Gasteiger partial charge in [-0.05, 0) is 43.7 Å². The van der Waals surface area contributed by atoms with Crippen LogP contribution in [0, 0.1) is 24.0 Å². The molecule has 2 aromatic rings. The van der Waals surface area contributed by atoms with E-state index in [4.69, 9.17) is 0 Å². The molecule has 23 heavy (non-hydrogen) atoms. The van der Waals surface area contributed by atoms with Crippen molar-refractivity contribution >= 4 is 38.9 Å². The third-order valence-electron chi connectivity index (χ3n) is 3.40. The minimum absolute atomic E-state index is 0.0143. The van der Waals surface area contributed by atoms with E-state index in [2.05, 4.69) is 26.6 Å². The van der Waals surface area contributed by atoms with Crippen LogP contribution in [-0.2, 0) is 4.79 Å². The quantitative estimate of drug-likeness (QED) is 0.608. The zero-order valence-corrected chi connectivity index (χ0v) is 14.3. The Morgan fingerprint density at radius 2 is 1.96 bits per heavy atom. The minimum atomic E-state index is -0.464. The van der Waals surface area contributed by atoms with Crippen LogP contribution in [0.3, 0.4) is 0 Å². The lowest BCUT2D eigenvalue weighted by molar-refractivity contribution is -0.385. The molecule has 6 nitrogen and oxygen atoms in total. The number of nitrogens with zero attached hydrogens (tertiary/aromatic N) is 1. The van der Waals surface area contributed by atoms with Gasteiger partial charge in [0, 0.05) is 16.2 Å². The number of nitrogens with one attached hydrogen (secondary N) is 2. The van der Waals surface area contributed by atoms with Gasteiger partial charge in [-0.25, -0.2) is 0 Å². The number of nitro benzene ring substituents is 1. The van der Waals surface area contributed by atoms with E-state index in [1.807, 2.05) is 25.1 Å². The number of hydrogen-bond donors (Lipinski definition) is 2. The van der Waals surface area contributed by atoms with Gasteiger partial charge in [0.15, 0.2) is 0 Å². The molecule has 0 radical (unpaired) electrons. The molecular weight excluding hydrogens is 362 g/mol. The number of nitro groups is 1. The number of carbonyl (C=O) groups is 1. The highest BCUT2D eigenvalue weighted by Crippen LogP contribution is 2.25. The van der Waals surface area contributed by atoms with Gasteiger partial charge < -0.3 is 10.6 Å². The first-order chi connectivity index (χ1) is 10.9. The third-order valence-corrected chi connectivity index (χ3v) is 3.90. The van der Waals surface area contributed by atoms with Crippen molar-refractivity contribution in [2.75, 3.05) is 17.2 Å². The number of aryl methyl sites for hydroxylation is 1. The molecule has 7 heteroatoms. The molecule has 120 valence electrons. The van der Waals surface area contributed by atoms with Gasteiger partial charge in [-0.15, -0.1) is 0 Å². The lowest BCUT2D eigenvalue weighted by Gasteiger charge is -2.11. The number of hydrogen-bond acceptors (Lipinski definition) is 4. The molecular formula is C16H16BrN3O3. The Labute approximate surface area is 142 Å². The molecule has 0 heterocycles. The van der Waals surface area contributed by atoms with Crippen LogP contribution in [0.25, 0.3) is 0 Å². The van der Waals surface area contributed by atoms with Crippen LogP contribution < -0.4 is 10.6 Å². The van der Waals surface area contributed by atoms with Crippen LogP contribution >= 0.6 is 15.9 Å². The van der Waals surface area contributed by atoms with E-state index >= 15 is 0 Å². The predicted octanol–water partition coefficient (Wildman–Crippen LogP) is 4.02. The van der Waals surface area contributed by atoms with Crippen molar-refractivity contribution in [3.63, 3.8) is 0 Å². The maximum absolute atomic E-state index is 12.0. The second kappa shape index (κ2) is 7.23. The Morgan fingerprint density at radius 3 is 2.61 bits per heavy atom. The van der Waals surface area contributed by atoms with Crippen molar-refractivity contribution in [2.45, 2.75) is 13.8 Å². The summed E-state index contributed by atoms with van der Waals surface area (Å²) in [6.45, 7) is 3.63. The highest BCUT2D eigenvalue weighted by molar-refractivity contribution is 9.10. The molecule has 0 bridgehead atoms. The highest BCUT2D eigenvalue weighted by Gasteiger charge is 2.14. The molecule has 0 spiro atoms. The first-order valence-electron chi connectivity index (χ1n) is 6.92. The Bertz CT molecular complexity index is 762. The van der Waals surface area contributed by atoms with Crippen molar-refractivity contribution in [1.82, 2.24) is 0 Å². The Balaban J connectivity index is 2.03. The number of anilines is 2. The second-order valence-electron chi connectivity index (χ2n) is 5.07. The summed E-state index contributed by atoms with van der Waals surface area (Å²) >= 11 is 3.38. The molecule has 2 aromatic carbocycles. The number of amides is 1. The van der Waals surface area contributed by atoms with Crippen LogP contribution in [0.2, 0.25) is 0 Å². The summed E-state index contributed by atoms with van der Waals surface area (Å²) < 4.78 is 0.970. The molecule has 2 rings (SSSR count). The standard InChI is InChI=1S/C16H16BrN3O3/c1-10-8-12(17)6-7-13(10)18-9-16(21)19-14-4-3-5-15(11(14)2)20(22)23/h3-8,18H,9H2,1-2H3,(H,19,21). The Morgan fingerprint density at radius 1 is 1.22 bits per heavy atom. The van der Waals surface area contributed by atoms with Gasteiger partial charge in [0.25, 0.3) is 5.69 Å². The third kappa shape index (κ3) is 4.29. The normalized spacial score (nSPS) is 10.2. The zero-order valence-electron chi connectivity index (χ0n) is 12.7. The summed E-state index contributed by atoms with van der Waals surface area (Å²) in [5.74, 6) is -0.268. The number of benzene rings is 2. The second-order valence-corrected chi connectivity index (χ2v) is 5.98. The number of rotatable bonds is 5. The fourth-order valence-electron chi connectivity index (χ4n) is 2.15. The van der Waals surface area contributed by atoms with E-state index in [1.165, 1.54) is 6.07 Å². The topological polar surface area (TPSA) is 84.3 Å². The van der Waals surface area contributed by atoms with Crippen molar-refractivity contribution in [1.29, 1.82) is 0 Å². The number of halogens is 1. The van der Waals surface area contributed by atoms with Crippen LogP contribution in [0.15, 0.2) is 40.9 Å². The molecule has 0 aliphatic rings. The summed E-state index contributed by atoms with van der Waals surface area (Å²) in [4.78, 5) is 22.5. The van der Waals surface area contributed by atoms with Crippen LogP contribution in [-0.4, -0.2) is 17.4 Å². The molecule has 0 saturated heterocycles. The van der Waals surface area contributed by atoms with E-state index in [0.29, 0.717) is 11.3 Å². The molecule has 0 atom stereocenters. The average molecular weight is 378 g/mol. The lowest BCUT2D eigenvalue weighted by atomic mass is 10.1. The smallest absolute Gasteiger partial charge is 0.274 e. The van der Waals surface area contributed by atoms with E-state index in [9.17, 15) is 14.9 Å². The largest absolute Gasteiger partial charge is 0.376 e. The van der Waals surface area contributed by atoms with Crippen molar-refractivity contribution < 1.29 is 9.72 Å². The predicted molar refractivity (Wildman–Crippen MR) is 93.8 cm³/mol. The Kier molecular flexibility index (Phi) is 5.33. The summed E-state index contributed by atoms with van der Waals surface area (Å²) in [7, 11) is 0. The minimum Gasteiger partial charge on any atom is -0.376 e. The maximum Gasteiger partial charge on any atom is 0.274 e. The fourth-order valence-corrected chi connectivity index (χ4v) is 2.63. The fraction of sp³-hybridized carbons (Fsp3) is 0.188.